The van der Waals surface area contributed by atoms with E-state index >= 15 is 0 Å². The second-order valence-corrected chi connectivity index (χ2v) is 0.843. The Hall–Kier alpha value is -0.770. The van der Waals surface area contributed by atoms with Crippen LogP contribution in [0.3, 0.4) is 0 Å². The summed E-state index contributed by atoms with van der Waals surface area (Å²) >= 11 is 3.15. The average Bonchev–Trinajstić information content (AvgIpc) is 1.91. The van der Waals surface area contributed by atoms with Crippen LogP contribution >= 0.6 is 12.9 Å². The van der Waals surface area contributed by atoms with Gasteiger partial charge in [0.1, 0.15) is 0 Å². The minimum atomic E-state index is 0.126. The summed E-state index contributed by atoms with van der Waals surface area (Å²) in [5.74, 6) is 0. The summed E-state index contributed by atoms with van der Waals surface area (Å²) in [5.41, 5.74) is 6.07. The number of nitrogens with one attached hydrogen (secondary N) is 1. The summed E-state index contributed by atoms with van der Waals surface area (Å²) in [6, 6.07) is 0. The van der Waals surface area contributed by atoms with Crippen LogP contribution in [0.1, 0.15) is 0 Å². The second kappa shape index (κ2) is 5.37. The smallest absolute Gasteiger partial charge is 0.0322 e. The van der Waals surface area contributed by atoms with E-state index in [1.54, 1.807) is 0 Å². The lowest BCUT2D eigenvalue weighted by Gasteiger charge is -2.02. The summed E-state index contributed by atoms with van der Waals surface area (Å²) in [5, 5.41) is 15.8. The predicted molar refractivity (Wildman–Crippen MR) is 25.6 cm³/mol. The van der Waals surface area contributed by atoms with Crippen LogP contribution in [-0.4, -0.2) is 10.6 Å². The molecule has 0 heterocycles. The first-order valence-electron chi connectivity index (χ1n) is 1.55. The Labute approximate surface area is 55.0 Å². The van der Waals surface area contributed by atoms with Crippen molar-refractivity contribution in [2.24, 2.45) is 15.7 Å². The third-order valence-electron chi connectivity index (χ3n) is 0.297. The quantitative estimate of drug-likeness (QED) is 0.182. The van der Waals surface area contributed by atoms with Crippen LogP contribution in [0.25, 0.3) is 0 Å². The van der Waals surface area contributed by atoms with E-state index in [2.05, 4.69) is 37.9 Å². The summed E-state index contributed by atoms with van der Waals surface area (Å²) in [6.45, 7) is 0. The van der Waals surface area contributed by atoms with Gasteiger partial charge in [-0.2, -0.15) is 9.81 Å². The van der Waals surface area contributed by atoms with E-state index in [1.807, 2.05) is 0 Å². The molecule has 0 radical (unpaired) electrons. The van der Waals surface area contributed by atoms with E-state index in [0.29, 0.717) is 0 Å². The molecule has 0 spiro atoms. The summed E-state index contributed by atoms with van der Waals surface area (Å²) in [7, 11) is 0. The number of nitrogens with zero attached hydrogens (tertiary/aromatic N) is 4. The fraction of sp³-hybridized carbons (Fsp3) is 0. The van der Waals surface area contributed by atoms with Crippen molar-refractivity contribution in [3.05, 3.63) is 0 Å². The van der Waals surface area contributed by atoms with Crippen molar-refractivity contribution >= 4 is 12.9 Å². The highest BCUT2D eigenvalue weighted by Crippen LogP contribution is 1.93. The van der Waals surface area contributed by atoms with Crippen molar-refractivity contribution in [3.63, 3.8) is 0 Å². The van der Waals surface area contributed by atoms with Crippen LogP contribution in [0.2, 0.25) is 0 Å². The van der Waals surface area contributed by atoms with Gasteiger partial charge in [-0.3, -0.25) is 0 Å². The van der Waals surface area contributed by atoms with Gasteiger partial charge in [0.15, 0.2) is 0 Å². The maximum atomic E-state index is 7.75. The molecule has 0 atom stereocenters. The monoisotopic (exact) mass is 153 g/mol. The molecular formula is H3N5O3S. The van der Waals surface area contributed by atoms with Crippen molar-refractivity contribution in [2.75, 3.05) is 0 Å². The maximum absolute atomic E-state index is 7.75. The lowest BCUT2D eigenvalue weighted by molar-refractivity contribution is -0.478. The van der Waals surface area contributed by atoms with Gasteiger partial charge >= 0.3 is 0 Å². The van der Waals surface area contributed by atoms with Crippen LogP contribution in [0.5, 0.6) is 0 Å². The van der Waals surface area contributed by atoms with E-state index in [0.717, 1.165) is 0 Å². The SMILES string of the molecule is N=N/N=N/N(OO)OS. The van der Waals surface area contributed by atoms with Crippen LogP contribution in [0, 0.1) is 5.53 Å². The minimum absolute atomic E-state index is 0.126. The maximum Gasteiger partial charge on any atom is 0.0322 e. The Kier molecular flexibility index (Phi) is 4.91. The van der Waals surface area contributed by atoms with E-state index in [1.165, 1.54) is 0 Å². The van der Waals surface area contributed by atoms with Gasteiger partial charge in [-0.1, -0.05) is 4.99 Å². The van der Waals surface area contributed by atoms with Gasteiger partial charge in [-0.05, 0) is 10.4 Å². The molecule has 0 rings (SSSR count). The highest BCUT2D eigenvalue weighted by atomic mass is 32.1. The van der Waals surface area contributed by atoms with Crippen LogP contribution in [-0.2, 0) is 9.27 Å². The Morgan fingerprint density at radius 2 is 2.33 bits per heavy atom. The molecule has 52 valence electrons. The van der Waals surface area contributed by atoms with Crippen LogP contribution < -0.4 is 0 Å². The molecular weight excluding hydrogens is 150 g/mol. The number of thiol groups is 1. The van der Waals surface area contributed by atoms with Gasteiger partial charge in [-0.25, -0.2) is 5.26 Å². The van der Waals surface area contributed by atoms with Crippen molar-refractivity contribution in [2.45, 2.75) is 0 Å². The second-order valence-electron chi connectivity index (χ2n) is 0.680. The van der Waals surface area contributed by atoms with Gasteiger partial charge in [0, 0.05) is 23.5 Å². The fourth-order valence-electron chi connectivity index (χ4n) is 0.100. The van der Waals surface area contributed by atoms with Crippen molar-refractivity contribution in [3.8, 4) is 0 Å². The molecule has 0 aliphatic heterocycles. The van der Waals surface area contributed by atoms with Gasteiger partial charge in [0.25, 0.3) is 0 Å². The van der Waals surface area contributed by atoms with Crippen LogP contribution in [0.4, 0.5) is 0 Å². The molecule has 0 aromatic rings. The molecule has 0 unspecified atom stereocenters. The summed E-state index contributed by atoms with van der Waals surface area (Å²) < 4.78 is 3.85. The largest absolute Gasteiger partial charge is 0.224 e. The molecule has 0 amide bonds. The number of hydrogen-bond donors (Lipinski definition) is 3. The molecule has 9 heavy (non-hydrogen) atoms. The third kappa shape index (κ3) is 3.78. The van der Waals surface area contributed by atoms with E-state index < -0.39 is 0 Å². The zero-order chi connectivity index (χ0) is 7.11. The molecule has 8 nitrogen and oxygen atoms in total. The van der Waals surface area contributed by atoms with Gasteiger partial charge in [-0.15, -0.1) is 0 Å². The average molecular weight is 153 g/mol. The highest BCUT2D eigenvalue weighted by molar-refractivity contribution is 7.75. The Balaban J connectivity index is 3.53. The molecule has 0 fully saturated rings. The lowest BCUT2D eigenvalue weighted by atomic mass is 12.4. The Bertz CT molecular complexity index is 98.4. The van der Waals surface area contributed by atoms with Crippen molar-refractivity contribution in [1.29, 1.82) is 5.53 Å². The minimum Gasteiger partial charge on any atom is -0.224 e. The standard InChI is InChI=1S/H3N5O3S/c1-2-3-4-5(7-6)8-9/h1,6,9H/b2-1?,4-3+. The number of hydrogen-bond acceptors (Lipinski definition) is 6. The van der Waals surface area contributed by atoms with E-state index in [9.17, 15) is 0 Å². The first kappa shape index (κ1) is 8.23. The molecule has 0 aliphatic carbocycles. The molecule has 0 saturated heterocycles. The highest BCUT2D eigenvalue weighted by Gasteiger charge is 1.95. The summed E-state index contributed by atoms with van der Waals surface area (Å²) in [4.78, 5) is 3.33. The molecule has 2 N–H and O–H groups in total. The van der Waals surface area contributed by atoms with Gasteiger partial charge in [0.2, 0.25) is 0 Å². The van der Waals surface area contributed by atoms with Crippen molar-refractivity contribution < 1.29 is 14.5 Å². The molecule has 0 aromatic carbocycles. The van der Waals surface area contributed by atoms with E-state index in [4.69, 9.17) is 10.8 Å². The van der Waals surface area contributed by atoms with E-state index in [-0.39, 0.29) is 5.34 Å². The van der Waals surface area contributed by atoms with Crippen LogP contribution in [0.15, 0.2) is 15.7 Å². The third-order valence-corrected chi connectivity index (χ3v) is 0.437. The Morgan fingerprint density at radius 3 is 2.67 bits per heavy atom. The molecule has 0 aliphatic rings. The predicted octanol–water partition coefficient (Wildman–Crippen LogP) is 0.783. The zero-order valence-electron chi connectivity index (χ0n) is 4.00. The normalized spacial score (nSPS) is 10.0. The first-order chi connectivity index (χ1) is 4.35. The fourth-order valence-corrected chi connectivity index (χ4v) is 0.163. The van der Waals surface area contributed by atoms with Crippen molar-refractivity contribution in [1.82, 2.24) is 5.34 Å². The molecule has 0 saturated carbocycles. The molecule has 0 bridgehead atoms. The zero-order valence-corrected chi connectivity index (χ0v) is 4.89. The first-order valence-corrected chi connectivity index (χ1v) is 1.92. The molecule has 9 heteroatoms. The number of rotatable bonds is 4. The van der Waals surface area contributed by atoms with Gasteiger partial charge < -0.3 is 0 Å². The lowest BCUT2D eigenvalue weighted by Crippen LogP contribution is -2.10. The summed E-state index contributed by atoms with van der Waals surface area (Å²) in [6.07, 6.45) is 0. The molecule has 0 aromatic heterocycles. The topological polar surface area (TPSA) is 103 Å². The van der Waals surface area contributed by atoms with Gasteiger partial charge in [0.05, 0.1) is 0 Å². The Morgan fingerprint density at radius 1 is 1.67 bits per heavy atom.